The summed E-state index contributed by atoms with van der Waals surface area (Å²) in [5.41, 5.74) is 7.75. The molecule has 1 aromatic carbocycles. The molecule has 0 aliphatic carbocycles. The van der Waals surface area contributed by atoms with Crippen molar-refractivity contribution in [3.8, 4) is 5.75 Å². The summed E-state index contributed by atoms with van der Waals surface area (Å²) in [4.78, 5) is 16.8. The Morgan fingerprint density at radius 3 is 2.89 bits per heavy atom. The average Bonchev–Trinajstić information content (AvgIpc) is 3.00. The zero-order valence-corrected chi connectivity index (χ0v) is 16.8. The highest BCUT2D eigenvalue weighted by atomic mass is 32.2. The normalized spacial score (nSPS) is 16.3. The van der Waals surface area contributed by atoms with Crippen LogP contribution in [0.15, 0.2) is 40.7 Å². The van der Waals surface area contributed by atoms with Crippen LogP contribution in [-0.2, 0) is 4.79 Å². The maximum absolute atomic E-state index is 12.2. The number of nitrogens with two attached hydrogens (primary N) is 1. The molecule has 1 aliphatic heterocycles. The van der Waals surface area contributed by atoms with Gasteiger partial charge >= 0.3 is 0 Å². The number of benzene rings is 1. The van der Waals surface area contributed by atoms with Gasteiger partial charge in [-0.2, -0.15) is 4.98 Å². The monoisotopic (exact) mass is 387 g/mol. The van der Waals surface area contributed by atoms with Crippen LogP contribution in [0.1, 0.15) is 45.7 Å². The Hall–Kier alpha value is -2.48. The van der Waals surface area contributed by atoms with Gasteiger partial charge in [0.15, 0.2) is 0 Å². The highest BCUT2D eigenvalue weighted by Crippen LogP contribution is 2.37. The molecule has 0 fully saturated rings. The second kappa shape index (κ2) is 8.04. The first-order valence-corrected chi connectivity index (χ1v) is 10.0. The number of fused-ring (bicyclic) bond motifs is 1. The Morgan fingerprint density at radius 2 is 2.22 bits per heavy atom. The van der Waals surface area contributed by atoms with Crippen LogP contribution in [0.3, 0.4) is 0 Å². The third-order valence-corrected chi connectivity index (χ3v) is 5.12. The lowest BCUT2D eigenvalue weighted by Crippen LogP contribution is -2.31. The van der Waals surface area contributed by atoms with Crippen LogP contribution >= 0.6 is 11.8 Å². The number of nitrogens with zero attached hydrogens (tertiary/aromatic N) is 3. The van der Waals surface area contributed by atoms with Crippen molar-refractivity contribution in [2.75, 3.05) is 11.1 Å². The topological polar surface area (TPSA) is 95.1 Å². The number of hydrogen-bond donors (Lipinski definition) is 2. The van der Waals surface area contributed by atoms with E-state index in [0.29, 0.717) is 22.4 Å². The largest absolute Gasteiger partial charge is 0.491 e. The lowest BCUT2D eigenvalue weighted by molar-refractivity contribution is -0.115. The van der Waals surface area contributed by atoms with Gasteiger partial charge in [-0.25, -0.2) is 4.68 Å². The van der Waals surface area contributed by atoms with Crippen molar-refractivity contribution in [2.45, 2.75) is 51.4 Å². The van der Waals surface area contributed by atoms with E-state index >= 15 is 0 Å². The van der Waals surface area contributed by atoms with Crippen LogP contribution in [0.4, 0.5) is 5.95 Å². The fraction of sp³-hybridized carbons (Fsp3) is 0.421. The van der Waals surface area contributed by atoms with E-state index in [1.165, 1.54) is 0 Å². The lowest BCUT2D eigenvalue weighted by Gasteiger charge is -2.28. The van der Waals surface area contributed by atoms with Gasteiger partial charge in [0, 0.05) is 11.4 Å². The molecule has 2 aromatic rings. The van der Waals surface area contributed by atoms with Crippen LogP contribution in [0.5, 0.6) is 5.75 Å². The van der Waals surface area contributed by atoms with Gasteiger partial charge in [0.1, 0.15) is 11.8 Å². The first kappa shape index (κ1) is 19.3. The second-order valence-electron chi connectivity index (χ2n) is 6.68. The maximum atomic E-state index is 12.2. The first-order chi connectivity index (χ1) is 12.9. The molecule has 0 saturated heterocycles. The SMILES string of the molecule is CCCSc1nc2n(n1)C(c1cccc(OC(C)C)c1)C(C(N)=O)=C(C)N2. The number of amides is 1. The van der Waals surface area contributed by atoms with E-state index in [4.69, 9.17) is 10.5 Å². The van der Waals surface area contributed by atoms with Crippen molar-refractivity contribution in [1.82, 2.24) is 14.8 Å². The third-order valence-electron chi connectivity index (χ3n) is 4.08. The van der Waals surface area contributed by atoms with Gasteiger partial charge in [-0.3, -0.25) is 4.79 Å². The van der Waals surface area contributed by atoms with E-state index in [2.05, 4.69) is 22.3 Å². The number of carbonyl (C=O) groups is 1. The van der Waals surface area contributed by atoms with Crippen LogP contribution in [-0.4, -0.2) is 32.5 Å². The van der Waals surface area contributed by atoms with E-state index in [-0.39, 0.29) is 6.10 Å². The van der Waals surface area contributed by atoms with Crippen molar-refractivity contribution >= 4 is 23.6 Å². The molecule has 2 heterocycles. The smallest absolute Gasteiger partial charge is 0.248 e. The van der Waals surface area contributed by atoms with Crippen molar-refractivity contribution < 1.29 is 9.53 Å². The van der Waals surface area contributed by atoms with Crippen molar-refractivity contribution in [3.63, 3.8) is 0 Å². The molecule has 27 heavy (non-hydrogen) atoms. The Bertz CT molecular complexity index is 875. The van der Waals surface area contributed by atoms with Gasteiger partial charge in [-0.05, 0) is 44.9 Å². The Labute approximate surface area is 163 Å². The van der Waals surface area contributed by atoms with Crippen molar-refractivity contribution in [3.05, 3.63) is 41.1 Å². The third kappa shape index (κ3) is 4.10. The number of thioether (sulfide) groups is 1. The summed E-state index contributed by atoms with van der Waals surface area (Å²) in [5, 5.41) is 8.46. The number of ether oxygens (including phenoxy) is 1. The molecule has 8 heteroatoms. The summed E-state index contributed by atoms with van der Waals surface area (Å²) < 4.78 is 7.55. The number of carbonyl (C=O) groups excluding carboxylic acids is 1. The van der Waals surface area contributed by atoms with E-state index in [0.717, 1.165) is 23.5 Å². The summed E-state index contributed by atoms with van der Waals surface area (Å²) in [6.07, 6.45) is 1.09. The minimum atomic E-state index is -0.482. The highest BCUT2D eigenvalue weighted by molar-refractivity contribution is 7.99. The Balaban J connectivity index is 2.08. The van der Waals surface area contributed by atoms with Gasteiger partial charge in [0.25, 0.3) is 0 Å². The Morgan fingerprint density at radius 1 is 1.44 bits per heavy atom. The fourth-order valence-electron chi connectivity index (χ4n) is 3.04. The molecule has 144 valence electrons. The number of nitrogens with one attached hydrogen (secondary N) is 1. The number of hydrogen-bond acceptors (Lipinski definition) is 6. The van der Waals surface area contributed by atoms with Gasteiger partial charge in [0.05, 0.1) is 11.7 Å². The van der Waals surface area contributed by atoms with E-state index in [9.17, 15) is 4.79 Å². The fourth-order valence-corrected chi connectivity index (χ4v) is 3.73. The Kier molecular flexibility index (Phi) is 5.74. The van der Waals surface area contributed by atoms with Crippen molar-refractivity contribution in [1.29, 1.82) is 0 Å². The van der Waals surface area contributed by atoms with Crippen LogP contribution in [0.2, 0.25) is 0 Å². The molecule has 3 rings (SSSR count). The molecule has 0 saturated carbocycles. The standard InChI is InChI=1S/C19H25N5O2S/c1-5-9-27-19-22-18-21-12(4)15(17(20)25)16(24(18)23-19)13-7-6-8-14(10-13)26-11(2)3/h6-8,10-11,16H,5,9H2,1-4H3,(H2,20,25)(H,21,22,23). The van der Waals surface area contributed by atoms with Crippen molar-refractivity contribution in [2.24, 2.45) is 5.73 Å². The van der Waals surface area contributed by atoms with E-state index in [1.54, 1.807) is 16.4 Å². The summed E-state index contributed by atoms with van der Waals surface area (Å²) in [7, 11) is 0. The quantitative estimate of drug-likeness (QED) is 0.708. The van der Waals surface area contributed by atoms with Crippen LogP contribution < -0.4 is 15.8 Å². The highest BCUT2D eigenvalue weighted by Gasteiger charge is 2.33. The minimum Gasteiger partial charge on any atom is -0.491 e. The molecule has 1 aliphatic rings. The number of allylic oxidation sites excluding steroid dienone is 1. The molecule has 0 bridgehead atoms. The first-order valence-electron chi connectivity index (χ1n) is 9.04. The number of aromatic nitrogens is 3. The summed E-state index contributed by atoms with van der Waals surface area (Å²) >= 11 is 1.59. The molecule has 3 N–H and O–H groups in total. The number of anilines is 1. The summed E-state index contributed by atoms with van der Waals surface area (Å²) in [6.45, 7) is 7.89. The average molecular weight is 388 g/mol. The van der Waals surface area contributed by atoms with E-state index in [1.807, 2.05) is 45.0 Å². The van der Waals surface area contributed by atoms with Gasteiger partial charge in [-0.15, -0.1) is 5.10 Å². The molecular formula is C19H25N5O2S. The molecule has 7 nitrogen and oxygen atoms in total. The summed E-state index contributed by atoms with van der Waals surface area (Å²) in [6, 6.07) is 7.24. The molecular weight excluding hydrogens is 362 g/mol. The predicted octanol–water partition coefficient (Wildman–Crippen LogP) is 3.34. The summed E-state index contributed by atoms with van der Waals surface area (Å²) in [5.74, 6) is 1.80. The zero-order valence-electron chi connectivity index (χ0n) is 16.0. The minimum absolute atomic E-state index is 0.0557. The van der Waals surface area contributed by atoms with E-state index < -0.39 is 11.9 Å². The second-order valence-corrected chi connectivity index (χ2v) is 7.74. The molecule has 1 amide bonds. The van der Waals surface area contributed by atoms with Crippen LogP contribution in [0, 0.1) is 0 Å². The predicted molar refractivity (Wildman–Crippen MR) is 107 cm³/mol. The molecule has 1 aromatic heterocycles. The molecule has 0 radical (unpaired) electrons. The van der Waals surface area contributed by atoms with Crippen LogP contribution in [0.25, 0.3) is 0 Å². The van der Waals surface area contributed by atoms with Gasteiger partial charge < -0.3 is 15.8 Å². The number of rotatable bonds is 7. The van der Waals surface area contributed by atoms with Gasteiger partial charge in [-0.1, -0.05) is 30.8 Å². The molecule has 1 atom stereocenters. The lowest BCUT2D eigenvalue weighted by atomic mass is 9.95. The van der Waals surface area contributed by atoms with Gasteiger partial charge in [0.2, 0.25) is 17.0 Å². The molecule has 0 spiro atoms. The zero-order chi connectivity index (χ0) is 19.6. The number of primary amides is 1. The maximum Gasteiger partial charge on any atom is 0.248 e. The molecule has 1 unspecified atom stereocenters.